The number of allylic oxidation sites excluding steroid dienone is 1. The number of likely N-dealkylation sites (N-methyl/N-ethyl adjacent to an activating group) is 1. The van der Waals surface area contributed by atoms with E-state index in [0.29, 0.717) is 46.9 Å². The first-order valence-electron chi connectivity index (χ1n) is 19.7. The Hall–Kier alpha value is -5.63. The molecule has 6 rings (SSSR count). The van der Waals surface area contributed by atoms with Gasteiger partial charge >= 0.3 is 0 Å². The average Bonchev–Trinajstić information content (AvgIpc) is 3.23. The van der Waals surface area contributed by atoms with E-state index in [1.807, 2.05) is 18.2 Å². The van der Waals surface area contributed by atoms with Crippen LogP contribution in [0.2, 0.25) is 0 Å². The Bertz CT molecular complexity index is 2050. The number of amides is 1. The summed E-state index contributed by atoms with van der Waals surface area (Å²) in [5, 5.41) is 35.4. The number of hydrogen-bond donors (Lipinski definition) is 2. The Balaban J connectivity index is 1.50. The number of carbonyl (C=O) groups is 2. The number of fused-ring (bicyclic) bond motifs is 2. The van der Waals surface area contributed by atoms with Gasteiger partial charge in [0, 0.05) is 61.9 Å². The molecule has 3 aromatic carbocycles. The van der Waals surface area contributed by atoms with E-state index in [1.165, 1.54) is 25.3 Å². The van der Waals surface area contributed by atoms with Gasteiger partial charge in [-0.05, 0) is 97.2 Å². The van der Waals surface area contributed by atoms with Crippen LogP contribution in [0.5, 0.6) is 17.2 Å². The highest BCUT2D eigenvalue weighted by Gasteiger charge is 2.65. The third-order valence-corrected chi connectivity index (χ3v) is 11.4. The number of carbonyl (C=O) groups excluding carboxylic acids is 2. The summed E-state index contributed by atoms with van der Waals surface area (Å²) >= 11 is 0. The van der Waals surface area contributed by atoms with Gasteiger partial charge in [0.05, 0.1) is 23.2 Å². The van der Waals surface area contributed by atoms with E-state index in [9.17, 15) is 29.9 Å². The van der Waals surface area contributed by atoms with E-state index in [2.05, 4.69) is 17.8 Å². The van der Waals surface area contributed by atoms with Crippen molar-refractivity contribution in [3.05, 3.63) is 124 Å². The molecular weight excluding hydrogens is 743 g/mol. The molecule has 1 heterocycles. The standard InChI is InChI=1S/C45H51N3O10/c1-4-24-56-45-41(47(2)42(52)21-16-30-14-17-33(18-15-30)48(53)54)28-39(46-55-3)37-26-32(11-5-7-22-49)36(13-6-8-23-50)43(44(37)45)38-27-35(19-20-40(38)58-45)57-34-12-9-10-31(25-34)29-51/h4,9-10,12,14-21,25-27,29,32,36,41,43-44,49-50H,1,5-8,11,13,22-24,28H2,2-3H3. The number of non-ortho nitro benzene ring substituents is 1. The Labute approximate surface area is 338 Å². The molecule has 6 atom stereocenters. The fourth-order valence-electron chi connectivity index (χ4n) is 8.83. The highest BCUT2D eigenvalue weighted by atomic mass is 16.7. The summed E-state index contributed by atoms with van der Waals surface area (Å²) in [6, 6.07) is 17.8. The van der Waals surface area contributed by atoms with Crippen molar-refractivity contribution in [3.8, 4) is 17.2 Å². The number of ether oxygens (including phenoxy) is 3. The van der Waals surface area contributed by atoms with E-state index in [1.54, 1.807) is 60.5 Å². The average molecular weight is 794 g/mol. The predicted molar refractivity (Wildman–Crippen MR) is 219 cm³/mol. The first kappa shape index (κ1) is 42.0. The zero-order chi connectivity index (χ0) is 41.2. The van der Waals surface area contributed by atoms with Gasteiger partial charge in [0.15, 0.2) is 0 Å². The highest BCUT2D eigenvalue weighted by molar-refractivity contribution is 6.03. The van der Waals surface area contributed by atoms with Crippen LogP contribution in [-0.4, -0.2) is 83.7 Å². The smallest absolute Gasteiger partial charge is 0.269 e. The molecule has 0 radical (unpaired) electrons. The number of hydrogen-bond acceptors (Lipinski definition) is 11. The molecule has 1 fully saturated rings. The minimum absolute atomic E-state index is 0.0209. The fourth-order valence-corrected chi connectivity index (χ4v) is 8.83. The quantitative estimate of drug-likeness (QED) is 0.0307. The van der Waals surface area contributed by atoms with Gasteiger partial charge < -0.3 is 34.2 Å². The lowest BCUT2D eigenvalue weighted by Crippen LogP contribution is -2.69. The molecule has 0 aromatic heterocycles. The Kier molecular flexibility index (Phi) is 13.9. The maximum absolute atomic E-state index is 14.2. The normalized spacial score (nSPS) is 23.9. The summed E-state index contributed by atoms with van der Waals surface area (Å²) in [6.45, 7) is 4.22. The summed E-state index contributed by atoms with van der Waals surface area (Å²) < 4.78 is 20.4. The molecule has 1 aliphatic heterocycles. The van der Waals surface area contributed by atoms with E-state index >= 15 is 0 Å². The van der Waals surface area contributed by atoms with Gasteiger partial charge in [0.1, 0.15) is 36.7 Å². The number of aliphatic hydroxyl groups excluding tert-OH is 2. The topological polar surface area (TPSA) is 170 Å². The minimum Gasteiger partial charge on any atom is -0.459 e. The molecule has 0 bridgehead atoms. The van der Waals surface area contributed by atoms with E-state index in [4.69, 9.17) is 19.0 Å². The van der Waals surface area contributed by atoms with Gasteiger partial charge in [-0.25, -0.2) is 0 Å². The monoisotopic (exact) mass is 793 g/mol. The van der Waals surface area contributed by atoms with Crippen LogP contribution in [0.4, 0.5) is 5.69 Å². The lowest BCUT2D eigenvalue weighted by molar-refractivity contribution is -0.384. The summed E-state index contributed by atoms with van der Waals surface area (Å²) in [5.74, 6) is -0.822. The molecule has 13 heteroatoms. The summed E-state index contributed by atoms with van der Waals surface area (Å²) in [6.07, 6.45) is 12.4. The van der Waals surface area contributed by atoms with Crippen LogP contribution in [0.1, 0.15) is 72.3 Å². The van der Waals surface area contributed by atoms with Crippen LogP contribution < -0.4 is 9.47 Å². The number of oxime groups is 1. The van der Waals surface area contributed by atoms with Crippen molar-refractivity contribution >= 4 is 29.7 Å². The molecule has 1 amide bonds. The van der Waals surface area contributed by atoms with Crippen LogP contribution >= 0.6 is 0 Å². The maximum Gasteiger partial charge on any atom is 0.269 e. The van der Waals surface area contributed by atoms with Gasteiger partial charge in [0.25, 0.3) is 5.69 Å². The third kappa shape index (κ3) is 8.91. The third-order valence-electron chi connectivity index (χ3n) is 11.4. The van der Waals surface area contributed by atoms with Crippen molar-refractivity contribution in [2.24, 2.45) is 22.9 Å². The number of benzene rings is 3. The lowest BCUT2D eigenvalue weighted by Gasteiger charge is -2.59. The summed E-state index contributed by atoms with van der Waals surface area (Å²) in [5.41, 5.74) is 3.50. The number of unbranched alkanes of at least 4 members (excludes halogenated alkanes) is 2. The molecule has 1 saturated carbocycles. The van der Waals surface area contributed by atoms with E-state index < -0.39 is 22.7 Å². The second kappa shape index (κ2) is 19.2. The molecule has 3 aliphatic rings. The first-order chi connectivity index (χ1) is 28.2. The van der Waals surface area contributed by atoms with E-state index in [0.717, 1.165) is 43.1 Å². The van der Waals surface area contributed by atoms with Crippen molar-refractivity contribution in [3.63, 3.8) is 0 Å². The van der Waals surface area contributed by atoms with Crippen LogP contribution in [0.3, 0.4) is 0 Å². The van der Waals surface area contributed by atoms with Gasteiger partial charge in [-0.2, -0.15) is 0 Å². The number of nitro groups is 1. The summed E-state index contributed by atoms with van der Waals surface area (Å²) in [4.78, 5) is 43.5. The van der Waals surface area contributed by atoms with Gasteiger partial charge in [0.2, 0.25) is 11.7 Å². The molecule has 0 saturated heterocycles. The fraction of sp³-hybridized carbons (Fsp3) is 0.400. The molecule has 3 aromatic rings. The second-order valence-electron chi connectivity index (χ2n) is 14.9. The lowest BCUT2D eigenvalue weighted by atomic mass is 9.55. The van der Waals surface area contributed by atoms with Crippen molar-refractivity contribution in [2.45, 2.75) is 62.7 Å². The Morgan fingerprint density at radius 1 is 1.03 bits per heavy atom. The van der Waals surface area contributed by atoms with Crippen molar-refractivity contribution < 1.29 is 43.8 Å². The molecule has 6 unspecified atom stereocenters. The van der Waals surface area contributed by atoms with Crippen LogP contribution in [0.25, 0.3) is 6.08 Å². The van der Waals surface area contributed by atoms with Crippen LogP contribution in [0, 0.1) is 27.9 Å². The van der Waals surface area contributed by atoms with E-state index in [-0.39, 0.29) is 55.6 Å². The van der Waals surface area contributed by atoms with Gasteiger partial charge in [-0.15, -0.1) is 6.58 Å². The van der Waals surface area contributed by atoms with Crippen LogP contribution in [0.15, 0.2) is 102 Å². The zero-order valence-electron chi connectivity index (χ0n) is 32.9. The number of aldehydes is 1. The summed E-state index contributed by atoms with van der Waals surface area (Å²) in [7, 11) is 3.19. The maximum atomic E-state index is 14.2. The molecule has 0 spiro atoms. The minimum atomic E-state index is -1.43. The number of aliphatic hydroxyl groups is 2. The number of nitro benzene ring substituents is 1. The second-order valence-corrected chi connectivity index (χ2v) is 14.9. The number of nitrogens with zero attached hydrogens (tertiary/aromatic N) is 3. The van der Waals surface area contributed by atoms with Crippen molar-refractivity contribution in [2.75, 3.05) is 34.0 Å². The molecule has 58 heavy (non-hydrogen) atoms. The largest absolute Gasteiger partial charge is 0.459 e. The Morgan fingerprint density at radius 3 is 2.47 bits per heavy atom. The first-order valence-corrected chi connectivity index (χ1v) is 19.7. The number of rotatable bonds is 19. The van der Waals surface area contributed by atoms with Crippen molar-refractivity contribution in [1.29, 1.82) is 0 Å². The van der Waals surface area contributed by atoms with Gasteiger partial charge in [-0.1, -0.05) is 42.3 Å². The van der Waals surface area contributed by atoms with Crippen molar-refractivity contribution in [1.82, 2.24) is 4.90 Å². The molecule has 2 aliphatic carbocycles. The van der Waals surface area contributed by atoms with Gasteiger partial charge in [-0.3, -0.25) is 19.7 Å². The molecule has 13 nitrogen and oxygen atoms in total. The molecular formula is C45H51N3O10. The SMILES string of the molecule is C=CCOC12Oc3ccc(Oc4cccc(C=O)c4)cc3C3C(CCCCO)C(CCCCO)C=C(C(=NOC)CC1N(C)C(=O)C=Cc1ccc([N+](=O)[O-])cc1)C32. The molecule has 2 N–H and O–H groups in total. The highest BCUT2D eigenvalue weighted by Crippen LogP contribution is 2.62. The van der Waals surface area contributed by atoms with Crippen LogP contribution in [-0.2, 0) is 14.4 Å². The Morgan fingerprint density at radius 2 is 1.78 bits per heavy atom. The zero-order valence-corrected chi connectivity index (χ0v) is 32.9. The predicted octanol–water partition coefficient (Wildman–Crippen LogP) is 7.63. The molecule has 306 valence electrons.